The van der Waals surface area contributed by atoms with Crippen LogP contribution < -0.4 is 4.90 Å². The van der Waals surface area contributed by atoms with E-state index >= 15 is 0 Å². The largest absolute Gasteiger partial charge is 0.369 e. The summed E-state index contributed by atoms with van der Waals surface area (Å²) in [5.41, 5.74) is 3.68. The molecule has 1 aliphatic heterocycles. The molecule has 0 N–H and O–H groups in total. The summed E-state index contributed by atoms with van der Waals surface area (Å²) < 4.78 is 0. The van der Waals surface area contributed by atoms with Crippen molar-refractivity contribution in [1.29, 1.82) is 10.5 Å². The average Bonchev–Trinajstić information content (AvgIpc) is 2.43. The molecule has 19 heavy (non-hydrogen) atoms. The lowest BCUT2D eigenvalue weighted by Crippen LogP contribution is -2.35. The number of allylic oxidation sites excluding steroid dienone is 1. The van der Waals surface area contributed by atoms with Crippen molar-refractivity contribution in [1.82, 2.24) is 0 Å². The third-order valence-electron chi connectivity index (χ3n) is 3.43. The van der Waals surface area contributed by atoms with E-state index in [1.165, 1.54) is 11.3 Å². The van der Waals surface area contributed by atoms with Crippen LogP contribution in [0, 0.1) is 22.7 Å². The molecule has 3 nitrogen and oxygen atoms in total. The van der Waals surface area contributed by atoms with Crippen LogP contribution in [0.25, 0.3) is 6.08 Å². The molecule has 3 heteroatoms. The molecule has 0 radical (unpaired) electrons. The van der Waals surface area contributed by atoms with Crippen LogP contribution in [0.3, 0.4) is 0 Å². The van der Waals surface area contributed by atoms with E-state index in [0.717, 1.165) is 24.9 Å². The molecule has 0 saturated heterocycles. The first kappa shape index (κ1) is 13.2. The molecule has 0 atom stereocenters. The highest BCUT2D eigenvalue weighted by molar-refractivity contribution is 5.67. The highest BCUT2D eigenvalue weighted by Gasteiger charge is 2.18. The minimum absolute atomic E-state index is 0.150. The molecule has 0 aromatic heterocycles. The molecule has 2 rings (SSSR count). The van der Waals surface area contributed by atoms with Crippen LogP contribution in [0.4, 0.5) is 5.69 Å². The first-order chi connectivity index (χ1) is 9.15. The predicted molar refractivity (Wildman–Crippen MR) is 76.4 cm³/mol. The predicted octanol–water partition coefficient (Wildman–Crippen LogP) is 3.28. The first-order valence-electron chi connectivity index (χ1n) is 6.57. The van der Waals surface area contributed by atoms with E-state index < -0.39 is 0 Å². The lowest BCUT2D eigenvalue weighted by atomic mass is 9.97. The van der Waals surface area contributed by atoms with Gasteiger partial charge < -0.3 is 4.90 Å². The van der Waals surface area contributed by atoms with Gasteiger partial charge in [0.1, 0.15) is 17.7 Å². The van der Waals surface area contributed by atoms with Crippen molar-refractivity contribution in [2.45, 2.75) is 32.7 Å². The van der Waals surface area contributed by atoms with E-state index in [0.29, 0.717) is 6.04 Å². The number of nitriles is 2. The third kappa shape index (κ3) is 2.77. The maximum atomic E-state index is 8.79. The zero-order chi connectivity index (χ0) is 13.8. The van der Waals surface area contributed by atoms with Crippen molar-refractivity contribution in [3.63, 3.8) is 0 Å². The van der Waals surface area contributed by atoms with Gasteiger partial charge in [0.25, 0.3) is 0 Å². The van der Waals surface area contributed by atoms with Crippen molar-refractivity contribution in [2.24, 2.45) is 0 Å². The minimum Gasteiger partial charge on any atom is -0.369 e. The molecule has 0 bridgehead atoms. The van der Waals surface area contributed by atoms with E-state index in [9.17, 15) is 0 Å². The van der Waals surface area contributed by atoms with Crippen molar-refractivity contribution in [3.05, 3.63) is 34.9 Å². The summed E-state index contributed by atoms with van der Waals surface area (Å²) in [4.78, 5) is 2.40. The first-order valence-corrected chi connectivity index (χ1v) is 6.57. The van der Waals surface area contributed by atoms with Gasteiger partial charge in [-0.1, -0.05) is 6.07 Å². The summed E-state index contributed by atoms with van der Waals surface area (Å²) in [5.74, 6) is 0. The monoisotopic (exact) mass is 251 g/mol. The Bertz CT molecular complexity index is 569. The maximum Gasteiger partial charge on any atom is 0.130 e. The van der Waals surface area contributed by atoms with Crippen LogP contribution >= 0.6 is 0 Å². The molecule has 1 aliphatic rings. The Labute approximate surface area is 114 Å². The molecule has 0 amide bonds. The van der Waals surface area contributed by atoms with Gasteiger partial charge in [0, 0.05) is 18.3 Å². The Morgan fingerprint density at radius 2 is 2.05 bits per heavy atom. The molecule has 1 heterocycles. The molecule has 0 spiro atoms. The second-order valence-electron chi connectivity index (χ2n) is 5.06. The fraction of sp³-hybridized carbons (Fsp3) is 0.375. The minimum atomic E-state index is 0.150. The number of hydrogen-bond donors (Lipinski definition) is 0. The molecule has 1 aromatic carbocycles. The van der Waals surface area contributed by atoms with Gasteiger partial charge in [-0.05, 0) is 56.0 Å². The summed E-state index contributed by atoms with van der Waals surface area (Å²) in [7, 11) is 0. The van der Waals surface area contributed by atoms with E-state index in [-0.39, 0.29) is 5.57 Å². The number of nitrogens with zero attached hydrogens (tertiary/aromatic N) is 3. The van der Waals surface area contributed by atoms with Gasteiger partial charge in [-0.15, -0.1) is 0 Å². The van der Waals surface area contributed by atoms with Crippen LogP contribution in [0.5, 0.6) is 0 Å². The zero-order valence-corrected chi connectivity index (χ0v) is 11.3. The quantitative estimate of drug-likeness (QED) is 0.758. The summed E-state index contributed by atoms with van der Waals surface area (Å²) in [6.45, 7) is 5.50. The zero-order valence-electron chi connectivity index (χ0n) is 11.3. The summed E-state index contributed by atoms with van der Waals surface area (Å²) in [6, 6.07) is 10.5. The van der Waals surface area contributed by atoms with E-state index in [2.05, 4.69) is 30.9 Å². The standard InChI is InChI=1S/C16H17N3/c1-12(2)19-7-3-4-15-9-13(5-6-16(15)19)8-14(10-17)11-18/h5-6,8-9,12H,3-4,7H2,1-2H3. The van der Waals surface area contributed by atoms with Crippen molar-refractivity contribution >= 4 is 11.8 Å². The maximum absolute atomic E-state index is 8.79. The molecular weight excluding hydrogens is 234 g/mol. The fourth-order valence-electron chi connectivity index (χ4n) is 2.53. The summed E-state index contributed by atoms with van der Waals surface area (Å²) >= 11 is 0. The second-order valence-corrected chi connectivity index (χ2v) is 5.06. The lowest BCUT2D eigenvalue weighted by Gasteiger charge is -2.34. The van der Waals surface area contributed by atoms with Gasteiger partial charge in [-0.3, -0.25) is 0 Å². The topological polar surface area (TPSA) is 50.8 Å². The SMILES string of the molecule is CC(C)N1CCCc2cc(C=C(C#N)C#N)ccc21. The Balaban J connectivity index is 2.38. The second kappa shape index (κ2) is 5.59. The van der Waals surface area contributed by atoms with Gasteiger partial charge in [0.2, 0.25) is 0 Å². The van der Waals surface area contributed by atoms with Crippen molar-refractivity contribution < 1.29 is 0 Å². The third-order valence-corrected chi connectivity index (χ3v) is 3.43. The van der Waals surface area contributed by atoms with Gasteiger partial charge in [-0.25, -0.2) is 0 Å². The van der Waals surface area contributed by atoms with Crippen LogP contribution in [-0.2, 0) is 6.42 Å². The van der Waals surface area contributed by atoms with E-state index in [1.54, 1.807) is 6.08 Å². The molecule has 0 aliphatic carbocycles. The van der Waals surface area contributed by atoms with Gasteiger partial charge in [-0.2, -0.15) is 10.5 Å². The molecule has 0 unspecified atom stereocenters. The number of hydrogen-bond acceptors (Lipinski definition) is 3. The lowest BCUT2D eigenvalue weighted by molar-refractivity contribution is 0.625. The number of aryl methyl sites for hydroxylation is 1. The van der Waals surface area contributed by atoms with Gasteiger partial charge >= 0.3 is 0 Å². The van der Waals surface area contributed by atoms with Crippen LogP contribution in [0.15, 0.2) is 23.8 Å². The van der Waals surface area contributed by atoms with Crippen molar-refractivity contribution in [3.8, 4) is 12.1 Å². The fourth-order valence-corrected chi connectivity index (χ4v) is 2.53. The number of anilines is 1. The number of benzene rings is 1. The summed E-state index contributed by atoms with van der Waals surface area (Å²) in [5, 5.41) is 17.6. The molecule has 0 fully saturated rings. The Kier molecular flexibility index (Phi) is 3.88. The Hall–Kier alpha value is -2.26. The van der Waals surface area contributed by atoms with E-state index in [4.69, 9.17) is 10.5 Å². The van der Waals surface area contributed by atoms with E-state index in [1.807, 2.05) is 18.2 Å². The smallest absolute Gasteiger partial charge is 0.130 e. The Morgan fingerprint density at radius 3 is 2.68 bits per heavy atom. The average molecular weight is 251 g/mol. The van der Waals surface area contributed by atoms with Gasteiger partial charge in [0.05, 0.1) is 0 Å². The normalized spacial score (nSPS) is 13.4. The highest BCUT2D eigenvalue weighted by atomic mass is 15.2. The molecular formula is C16H17N3. The number of fused-ring (bicyclic) bond motifs is 1. The number of rotatable bonds is 2. The molecule has 1 aromatic rings. The Morgan fingerprint density at radius 1 is 1.32 bits per heavy atom. The highest BCUT2D eigenvalue weighted by Crippen LogP contribution is 2.30. The van der Waals surface area contributed by atoms with Crippen LogP contribution in [-0.4, -0.2) is 12.6 Å². The van der Waals surface area contributed by atoms with Crippen LogP contribution in [0.1, 0.15) is 31.4 Å². The molecule has 0 saturated carbocycles. The van der Waals surface area contributed by atoms with Gasteiger partial charge in [0.15, 0.2) is 0 Å². The van der Waals surface area contributed by atoms with Crippen LogP contribution in [0.2, 0.25) is 0 Å². The summed E-state index contributed by atoms with van der Waals surface area (Å²) in [6.07, 6.45) is 3.87. The van der Waals surface area contributed by atoms with Crippen molar-refractivity contribution in [2.75, 3.05) is 11.4 Å². The molecule has 96 valence electrons.